The van der Waals surface area contributed by atoms with Crippen LogP contribution >= 0.6 is 0 Å². The maximum Gasteiger partial charge on any atom is 0.387 e. The smallest absolute Gasteiger partial charge is 0.387 e. The Morgan fingerprint density at radius 3 is 2.68 bits per heavy atom. The van der Waals surface area contributed by atoms with E-state index in [1.165, 1.54) is 12.1 Å². The normalized spacial score (nSPS) is 23.1. The van der Waals surface area contributed by atoms with Crippen molar-refractivity contribution in [1.29, 1.82) is 0 Å². The first-order valence-electron chi connectivity index (χ1n) is 7.17. The standard InChI is InChI=1S/C15H20F2N2O3/c1-9(11-3-5-12(6-4-11)22-15(16)17)19-14(20)13-10(2)21-8-7-18-13/h3-6,9-10,13,15,18H,7-8H2,1-2H3,(H,19,20)/t9?,10-,13+/m1/s1. The fourth-order valence-electron chi connectivity index (χ4n) is 2.35. The molecule has 22 heavy (non-hydrogen) atoms. The molecule has 5 nitrogen and oxygen atoms in total. The maximum atomic E-state index is 12.2. The van der Waals surface area contributed by atoms with Crippen LogP contribution in [0.2, 0.25) is 0 Å². The third-order valence-electron chi connectivity index (χ3n) is 3.56. The van der Waals surface area contributed by atoms with Gasteiger partial charge in [0.1, 0.15) is 11.8 Å². The minimum absolute atomic E-state index is 0.0910. The van der Waals surface area contributed by atoms with Gasteiger partial charge < -0.3 is 20.1 Å². The molecule has 1 amide bonds. The molecule has 1 aromatic carbocycles. The number of carbonyl (C=O) groups excluding carboxylic acids is 1. The molecular weight excluding hydrogens is 294 g/mol. The van der Waals surface area contributed by atoms with Crippen molar-refractivity contribution in [3.8, 4) is 5.75 Å². The van der Waals surface area contributed by atoms with E-state index >= 15 is 0 Å². The number of amides is 1. The first kappa shape index (κ1) is 16.6. The van der Waals surface area contributed by atoms with Gasteiger partial charge in [-0.1, -0.05) is 12.1 Å². The lowest BCUT2D eigenvalue weighted by Gasteiger charge is -2.30. The van der Waals surface area contributed by atoms with Gasteiger partial charge in [-0.05, 0) is 31.5 Å². The fourth-order valence-corrected chi connectivity index (χ4v) is 2.35. The number of benzene rings is 1. The second-order valence-corrected chi connectivity index (χ2v) is 5.19. The summed E-state index contributed by atoms with van der Waals surface area (Å²) >= 11 is 0. The van der Waals surface area contributed by atoms with Crippen LogP contribution in [0.5, 0.6) is 5.75 Å². The zero-order valence-corrected chi connectivity index (χ0v) is 12.5. The van der Waals surface area contributed by atoms with Crippen LogP contribution in [0.15, 0.2) is 24.3 Å². The first-order valence-corrected chi connectivity index (χ1v) is 7.17. The number of ether oxygens (including phenoxy) is 2. The summed E-state index contributed by atoms with van der Waals surface area (Å²) in [5, 5.41) is 6.00. The van der Waals surface area contributed by atoms with Crippen molar-refractivity contribution in [2.45, 2.75) is 38.6 Å². The second kappa shape index (κ2) is 7.51. The summed E-state index contributed by atoms with van der Waals surface area (Å²) in [6, 6.07) is 5.57. The van der Waals surface area contributed by atoms with E-state index in [1.807, 2.05) is 13.8 Å². The van der Waals surface area contributed by atoms with Crippen molar-refractivity contribution in [2.75, 3.05) is 13.2 Å². The lowest BCUT2D eigenvalue weighted by atomic mass is 10.1. The number of hydrogen-bond acceptors (Lipinski definition) is 4. The minimum Gasteiger partial charge on any atom is -0.435 e. The topological polar surface area (TPSA) is 59.6 Å². The molecule has 1 aromatic rings. The average Bonchev–Trinajstić information content (AvgIpc) is 2.47. The predicted molar refractivity (Wildman–Crippen MR) is 76.8 cm³/mol. The molecule has 1 unspecified atom stereocenters. The Balaban J connectivity index is 1.93. The Kier molecular flexibility index (Phi) is 5.68. The van der Waals surface area contributed by atoms with Crippen LogP contribution in [0, 0.1) is 0 Å². The van der Waals surface area contributed by atoms with Crippen LogP contribution in [0.3, 0.4) is 0 Å². The van der Waals surface area contributed by atoms with Gasteiger partial charge in [0.25, 0.3) is 0 Å². The van der Waals surface area contributed by atoms with E-state index in [9.17, 15) is 13.6 Å². The first-order chi connectivity index (χ1) is 10.5. The zero-order valence-electron chi connectivity index (χ0n) is 12.5. The SMILES string of the molecule is CC(NC(=O)[C@H]1NCCO[C@@H]1C)c1ccc(OC(F)F)cc1. The van der Waals surface area contributed by atoms with Crippen molar-refractivity contribution < 1.29 is 23.0 Å². The van der Waals surface area contributed by atoms with Crippen LogP contribution < -0.4 is 15.4 Å². The number of nitrogens with one attached hydrogen (secondary N) is 2. The fraction of sp³-hybridized carbons (Fsp3) is 0.533. The van der Waals surface area contributed by atoms with E-state index in [1.54, 1.807) is 12.1 Å². The Hall–Kier alpha value is -1.73. The molecule has 0 bridgehead atoms. The average molecular weight is 314 g/mol. The van der Waals surface area contributed by atoms with Crippen molar-refractivity contribution in [3.63, 3.8) is 0 Å². The van der Waals surface area contributed by atoms with Gasteiger partial charge in [-0.25, -0.2) is 0 Å². The summed E-state index contributed by atoms with van der Waals surface area (Å²) in [6.45, 7) is 2.05. The third kappa shape index (κ3) is 4.38. The number of alkyl halides is 2. The molecule has 0 spiro atoms. The molecule has 7 heteroatoms. The van der Waals surface area contributed by atoms with E-state index in [4.69, 9.17) is 4.74 Å². The van der Waals surface area contributed by atoms with Gasteiger partial charge >= 0.3 is 6.61 Å². The molecule has 0 aliphatic carbocycles. The Morgan fingerprint density at radius 1 is 1.41 bits per heavy atom. The monoisotopic (exact) mass is 314 g/mol. The summed E-state index contributed by atoms with van der Waals surface area (Å²) in [6.07, 6.45) is -0.192. The molecule has 1 fully saturated rings. The van der Waals surface area contributed by atoms with Crippen LogP contribution in [0.25, 0.3) is 0 Å². The molecule has 1 saturated heterocycles. The molecule has 2 N–H and O–H groups in total. The molecule has 1 aliphatic rings. The Labute approximate surface area is 128 Å². The minimum atomic E-state index is -2.85. The number of hydrogen-bond donors (Lipinski definition) is 2. The largest absolute Gasteiger partial charge is 0.435 e. The van der Waals surface area contributed by atoms with Gasteiger partial charge in [0.15, 0.2) is 0 Å². The van der Waals surface area contributed by atoms with Gasteiger partial charge in [0.05, 0.1) is 18.8 Å². The molecule has 3 atom stereocenters. The van der Waals surface area contributed by atoms with Gasteiger partial charge in [-0.3, -0.25) is 4.79 Å². The lowest BCUT2D eigenvalue weighted by molar-refractivity contribution is -0.129. The summed E-state index contributed by atoms with van der Waals surface area (Å²) in [4.78, 5) is 12.2. The lowest BCUT2D eigenvalue weighted by Crippen LogP contribution is -2.55. The predicted octanol–water partition coefficient (Wildman–Crippen LogP) is 1.84. The molecule has 1 heterocycles. The summed E-state index contributed by atoms with van der Waals surface area (Å²) < 4.78 is 33.9. The van der Waals surface area contributed by atoms with Crippen molar-refractivity contribution in [1.82, 2.24) is 10.6 Å². The van der Waals surface area contributed by atoms with E-state index in [0.29, 0.717) is 13.2 Å². The Bertz CT molecular complexity index is 496. The number of carbonyl (C=O) groups is 1. The highest BCUT2D eigenvalue weighted by molar-refractivity contribution is 5.82. The van der Waals surface area contributed by atoms with Gasteiger partial charge in [-0.15, -0.1) is 0 Å². The van der Waals surface area contributed by atoms with Crippen molar-refractivity contribution >= 4 is 5.91 Å². The molecule has 0 radical (unpaired) electrons. The van der Waals surface area contributed by atoms with E-state index < -0.39 is 12.7 Å². The van der Waals surface area contributed by atoms with Gasteiger partial charge in [0.2, 0.25) is 5.91 Å². The molecular formula is C15H20F2N2O3. The van der Waals surface area contributed by atoms with Crippen LogP contribution in [0.1, 0.15) is 25.5 Å². The number of rotatable bonds is 5. The molecule has 122 valence electrons. The Morgan fingerprint density at radius 2 is 2.09 bits per heavy atom. The van der Waals surface area contributed by atoms with Crippen LogP contribution in [-0.4, -0.2) is 37.8 Å². The number of halogens is 2. The third-order valence-corrected chi connectivity index (χ3v) is 3.56. The highest BCUT2D eigenvalue weighted by atomic mass is 19.3. The quantitative estimate of drug-likeness (QED) is 0.871. The molecule has 0 aromatic heterocycles. The van der Waals surface area contributed by atoms with Crippen molar-refractivity contribution in [2.24, 2.45) is 0 Å². The van der Waals surface area contributed by atoms with Gasteiger partial charge in [0, 0.05) is 6.54 Å². The maximum absolute atomic E-state index is 12.2. The van der Waals surface area contributed by atoms with E-state index in [0.717, 1.165) is 5.56 Å². The second-order valence-electron chi connectivity index (χ2n) is 5.19. The van der Waals surface area contributed by atoms with E-state index in [-0.39, 0.29) is 23.8 Å². The summed E-state index contributed by atoms with van der Waals surface area (Å²) in [5.41, 5.74) is 0.805. The van der Waals surface area contributed by atoms with E-state index in [2.05, 4.69) is 15.4 Å². The van der Waals surface area contributed by atoms with Crippen LogP contribution in [-0.2, 0) is 9.53 Å². The van der Waals surface area contributed by atoms with Gasteiger partial charge in [-0.2, -0.15) is 8.78 Å². The highest BCUT2D eigenvalue weighted by Gasteiger charge is 2.29. The summed E-state index contributed by atoms with van der Waals surface area (Å²) in [7, 11) is 0. The highest BCUT2D eigenvalue weighted by Crippen LogP contribution is 2.19. The zero-order chi connectivity index (χ0) is 16.1. The van der Waals surface area contributed by atoms with Crippen molar-refractivity contribution in [3.05, 3.63) is 29.8 Å². The molecule has 2 rings (SSSR count). The summed E-state index contributed by atoms with van der Waals surface area (Å²) in [5.74, 6) is -0.0548. The number of morpholine rings is 1. The molecule has 0 saturated carbocycles. The molecule has 1 aliphatic heterocycles. The van der Waals surface area contributed by atoms with Crippen LogP contribution in [0.4, 0.5) is 8.78 Å².